The van der Waals surface area contributed by atoms with Crippen LogP contribution in [0.1, 0.15) is 11.0 Å². The first-order chi connectivity index (χ1) is 10.4. The Hall–Kier alpha value is -1.90. The molecule has 1 atom stereocenters. The summed E-state index contributed by atoms with van der Waals surface area (Å²) in [5.74, 6) is -0.875. The first kappa shape index (κ1) is 16.5. The summed E-state index contributed by atoms with van der Waals surface area (Å²) >= 11 is 6.98. The van der Waals surface area contributed by atoms with E-state index in [-0.39, 0.29) is 18.0 Å². The fourth-order valence-corrected chi connectivity index (χ4v) is 2.87. The zero-order chi connectivity index (χ0) is 16.3. The number of halogens is 2. The van der Waals surface area contributed by atoms with Crippen LogP contribution in [0.15, 0.2) is 24.3 Å². The molecule has 0 spiro atoms. The highest BCUT2D eigenvalue weighted by Gasteiger charge is 2.23. The van der Waals surface area contributed by atoms with Gasteiger partial charge in [-0.1, -0.05) is 11.6 Å². The maximum Gasteiger partial charge on any atom is 0.327 e. The SMILES string of the molecule is COc1cc(F)c([N+](=O)[O-])c(NCC(O)c2ccc(Cl)s2)c1. The Morgan fingerprint density at radius 3 is 2.82 bits per heavy atom. The third-order valence-electron chi connectivity index (χ3n) is 2.86. The monoisotopic (exact) mass is 346 g/mol. The van der Waals surface area contributed by atoms with Crippen molar-refractivity contribution < 1.29 is 19.2 Å². The smallest absolute Gasteiger partial charge is 0.327 e. The van der Waals surface area contributed by atoms with Gasteiger partial charge in [0.2, 0.25) is 5.82 Å². The molecule has 1 aromatic heterocycles. The molecule has 0 aliphatic rings. The minimum atomic E-state index is -1.01. The molecule has 0 aliphatic heterocycles. The molecule has 2 aromatic rings. The molecule has 0 aliphatic carbocycles. The number of benzene rings is 1. The van der Waals surface area contributed by atoms with E-state index in [0.717, 1.165) is 6.07 Å². The van der Waals surface area contributed by atoms with Gasteiger partial charge < -0.3 is 15.2 Å². The lowest BCUT2D eigenvalue weighted by molar-refractivity contribution is -0.386. The molecule has 2 N–H and O–H groups in total. The minimum Gasteiger partial charge on any atom is -0.497 e. The van der Waals surface area contributed by atoms with E-state index in [9.17, 15) is 19.6 Å². The van der Waals surface area contributed by atoms with Crippen LogP contribution in [0, 0.1) is 15.9 Å². The number of rotatable bonds is 6. The first-order valence-electron chi connectivity index (χ1n) is 6.11. The van der Waals surface area contributed by atoms with Gasteiger partial charge in [-0.3, -0.25) is 10.1 Å². The number of methoxy groups -OCH3 is 1. The number of nitro groups is 1. The number of aliphatic hydroxyl groups excluding tert-OH is 1. The summed E-state index contributed by atoms with van der Waals surface area (Å²) < 4.78 is 19.2. The molecule has 0 amide bonds. The molecule has 9 heteroatoms. The summed E-state index contributed by atoms with van der Waals surface area (Å²) in [4.78, 5) is 10.7. The molecule has 6 nitrogen and oxygen atoms in total. The first-order valence-corrected chi connectivity index (χ1v) is 7.31. The molecule has 2 rings (SSSR count). The quantitative estimate of drug-likeness (QED) is 0.616. The highest BCUT2D eigenvalue weighted by atomic mass is 35.5. The van der Waals surface area contributed by atoms with Crippen molar-refractivity contribution in [1.29, 1.82) is 0 Å². The number of hydrogen-bond donors (Lipinski definition) is 2. The van der Waals surface area contributed by atoms with Gasteiger partial charge in [-0.15, -0.1) is 11.3 Å². The van der Waals surface area contributed by atoms with Crippen molar-refractivity contribution in [3.63, 3.8) is 0 Å². The number of hydrogen-bond acceptors (Lipinski definition) is 6. The summed E-state index contributed by atoms with van der Waals surface area (Å²) in [6.45, 7) is -0.0374. The van der Waals surface area contributed by atoms with Gasteiger partial charge in [0.05, 0.1) is 16.4 Å². The highest BCUT2D eigenvalue weighted by Crippen LogP contribution is 2.33. The number of nitrogens with zero attached hydrogens (tertiary/aromatic N) is 1. The van der Waals surface area contributed by atoms with Crippen molar-refractivity contribution in [2.24, 2.45) is 0 Å². The second kappa shape index (κ2) is 6.91. The molecule has 0 bridgehead atoms. The van der Waals surface area contributed by atoms with Gasteiger partial charge in [-0.2, -0.15) is 4.39 Å². The fraction of sp³-hybridized carbons (Fsp3) is 0.231. The Bertz CT molecular complexity index is 695. The van der Waals surface area contributed by atoms with Gasteiger partial charge in [0, 0.05) is 23.6 Å². The zero-order valence-corrected chi connectivity index (χ0v) is 12.9. The fourth-order valence-electron chi connectivity index (χ4n) is 1.83. The second-order valence-corrected chi connectivity index (χ2v) is 6.05. The Morgan fingerprint density at radius 2 is 2.27 bits per heavy atom. The largest absolute Gasteiger partial charge is 0.497 e. The highest BCUT2D eigenvalue weighted by molar-refractivity contribution is 7.16. The van der Waals surface area contributed by atoms with Crippen molar-refractivity contribution in [2.45, 2.75) is 6.10 Å². The molecular weight excluding hydrogens is 335 g/mol. The molecule has 0 radical (unpaired) electrons. The summed E-state index contributed by atoms with van der Waals surface area (Å²) in [5, 5.41) is 23.7. The predicted octanol–water partition coefficient (Wildman–Crippen LogP) is 3.60. The van der Waals surface area contributed by atoms with E-state index in [1.165, 1.54) is 24.5 Å². The third kappa shape index (κ3) is 3.65. The zero-order valence-electron chi connectivity index (χ0n) is 11.4. The number of nitrogens with one attached hydrogen (secondary N) is 1. The van der Waals surface area contributed by atoms with Crippen molar-refractivity contribution in [3.05, 3.63) is 49.4 Å². The van der Waals surface area contributed by atoms with Gasteiger partial charge in [-0.25, -0.2) is 0 Å². The van der Waals surface area contributed by atoms with Gasteiger partial charge in [-0.05, 0) is 12.1 Å². The van der Waals surface area contributed by atoms with Crippen molar-refractivity contribution >= 4 is 34.3 Å². The molecule has 1 heterocycles. The molecule has 22 heavy (non-hydrogen) atoms. The predicted molar refractivity (Wildman–Crippen MR) is 82.4 cm³/mol. The summed E-state index contributed by atoms with van der Waals surface area (Å²) in [5.41, 5.74) is -0.763. The summed E-state index contributed by atoms with van der Waals surface area (Å²) in [7, 11) is 1.33. The normalized spacial score (nSPS) is 12.0. The summed E-state index contributed by atoms with van der Waals surface area (Å²) in [6.07, 6.45) is -0.925. The Kier molecular flexibility index (Phi) is 5.17. The molecular formula is C13H12ClFN2O4S. The van der Waals surface area contributed by atoms with Crippen LogP contribution in [0.4, 0.5) is 15.8 Å². The van der Waals surface area contributed by atoms with Gasteiger partial charge in [0.25, 0.3) is 0 Å². The van der Waals surface area contributed by atoms with Crippen LogP contribution < -0.4 is 10.1 Å². The van der Waals surface area contributed by atoms with Crippen molar-refractivity contribution in [3.8, 4) is 5.75 Å². The van der Waals surface area contributed by atoms with Crippen LogP contribution in [-0.2, 0) is 0 Å². The second-order valence-electron chi connectivity index (χ2n) is 4.30. The molecule has 118 valence electrons. The van der Waals surface area contributed by atoms with Crippen LogP contribution in [0.5, 0.6) is 5.75 Å². The molecule has 1 unspecified atom stereocenters. The van der Waals surface area contributed by atoms with Crippen molar-refractivity contribution in [1.82, 2.24) is 0 Å². The number of thiophene rings is 1. The molecule has 1 aromatic carbocycles. The van der Waals surface area contributed by atoms with Crippen LogP contribution in [0.3, 0.4) is 0 Å². The summed E-state index contributed by atoms with van der Waals surface area (Å²) in [6, 6.07) is 5.52. The van der Waals surface area contributed by atoms with E-state index in [0.29, 0.717) is 9.21 Å². The minimum absolute atomic E-state index is 0.0374. The molecule has 0 saturated carbocycles. The number of nitro benzene ring substituents is 1. The van der Waals surface area contributed by atoms with Gasteiger partial charge >= 0.3 is 5.69 Å². The van der Waals surface area contributed by atoms with E-state index in [1.807, 2.05) is 0 Å². The molecule has 0 fully saturated rings. The van der Waals surface area contributed by atoms with E-state index in [1.54, 1.807) is 12.1 Å². The van der Waals surface area contributed by atoms with E-state index < -0.39 is 22.5 Å². The lowest BCUT2D eigenvalue weighted by Gasteiger charge is -2.13. The average Bonchev–Trinajstić information content (AvgIpc) is 2.90. The lowest BCUT2D eigenvalue weighted by Crippen LogP contribution is -2.12. The van der Waals surface area contributed by atoms with E-state index in [4.69, 9.17) is 16.3 Å². The maximum atomic E-state index is 13.8. The lowest BCUT2D eigenvalue weighted by atomic mass is 10.2. The number of anilines is 1. The molecule has 0 saturated heterocycles. The van der Waals surface area contributed by atoms with Gasteiger partial charge in [0.1, 0.15) is 17.5 Å². The topological polar surface area (TPSA) is 84.6 Å². The Balaban J connectivity index is 2.21. The van der Waals surface area contributed by atoms with Crippen LogP contribution in [0.25, 0.3) is 0 Å². The Morgan fingerprint density at radius 1 is 1.55 bits per heavy atom. The maximum absolute atomic E-state index is 13.8. The van der Waals surface area contributed by atoms with E-state index in [2.05, 4.69) is 5.32 Å². The standard InChI is InChI=1S/C13H12ClFN2O4S/c1-21-7-4-8(15)13(17(19)20)9(5-7)16-6-10(18)11-2-3-12(14)22-11/h2-5,10,16,18H,6H2,1H3. The number of ether oxygens (including phenoxy) is 1. The third-order valence-corrected chi connectivity index (χ3v) is 4.20. The van der Waals surface area contributed by atoms with Crippen LogP contribution in [-0.4, -0.2) is 23.7 Å². The van der Waals surface area contributed by atoms with Crippen molar-refractivity contribution in [2.75, 3.05) is 19.0 Å². The van der Waals surface area contributed by atoms with E-state index >= 15 is 0 Å². The average molecular weight is 347 g/mol. The number of aliphatic hydroxyl groups is 1. The van der Waals surface area contributed by atoms with Crippen LogP contribution >= 0.6 is 22.9 Å². The van der Waals surface area contributed by atoms with Crippen LogP contribution in [0.2, 0.25) is 4.34 Å². The van der Waals surface area contributed by atoms with Gasteiger partial charge in [0.15, 0.2) is 0 Å². The Labute approximate surface area is 134 Å².